The number of aliphatic hydroxyl groups is 1. The van der Waals surface area contributed by atoms with Gasteiger partial charge in [0.15, 0.2) is 0 Å². The predicted octanol–water partition coefficient (Wildman–Crippen LogP) is 4.03. The molecule has 4 rings (SSSR count). The average Bonchev–Trinajstić information content (AvgIpc) is 2.88. The zero-order valence-corrected chi connectivity index (χ0v) is 14.2. The number of fused-ring (bicyclic) bond motifs is 4. The van der Waals surface area contributed by atoms with Gasteiger partial charge in [-0.25, -0.2) is 0 Å². The molecule has 4 aliphatic carbocycles. The number of Topliss-reactive ketones (excluding diaryl/α,β-unsaturated/α-hetero) is 1. The van der Waals surface area contributed by atoms with Crippen LogP contribution in [-0.2, 0) is 4.79 Å². The molecule has 0 spiro atoms. The van der Waals surface area contributed by atoms with Crippen molar-refractivity contribution in [1.82, 2.24) is 0 Å². The Morgan fingerprint density at radius 1 is 1.22 bits per heavy atom. The number of terminal acetylenes is 1. The van der Waals surface area contributed by atoms with Crippen LogP contribution >= 0.6 is 0 Å². The molecule has 5 unspecified atom stereocenters. The van der Waals surface area contributed by atoms with Gasteiger partial charge in [0.25, 0.3) is 0 Å². The molecule has 0 aliphatic heterocycles. The van der Waals surface area contributed by atoms with Crippen molar-refractivity contribution in [3.63, 3.8) is 0 Å². The zero-order valence-electron chi connectivity index (χ0n) is 14.2. The molecule has 0 heterocycles. The minimum Gasteiger partial charge on any atom is -0.377 e. The first kappa shape index (κ1) is 15.5. The van der Waals surface area contributed by atoms with E-state index in [4.69, 9.17) is 6.42 Å². The van der Waals surface area contributed by atoms with Gasteiger partial charge >= 0.3 is 0 Å². The van der Waals surface area contributed by atoms with Gasteiger partial charge in [-0.05, 0) is 69.1 Å². The fraction of sp³-hybridized carbons (Fsp3) is 0.762. The Hall–Kier alpha value is -1.07. The molecule has 0 saturated heterocycles. The van der Waals surface area contributed by atoms with Gasteiger partial charge in [0.1, 0.15) is 11.4 Å². The molecule has 23 heavy (non-hydrogen) atoms. The predicted molar refractivity (Wildman–Crippen MR) is 90.6 cm³/mol. The van der Waals surface area contributed by atoms with Gasteiger partial charge in [0, 0.05) is 18.3 Å². The first-order valence-electron chi connectivity index (χ1n) is 9.47. The highest BCUT2D eigenvalue weighted by Crippen LogP contribution is 2.65. The molecule has 0 aromatic rings. The van der Waals surface area contributed by atoms with Crippen LogP contribution in [0.5, 0.6) is 0 Å². The highest BCUT2D eigenvalue weighted by Gasteiger charge is 2.62. The lowest BCUT2D eigenvalue weighted by molar-refractivity contribution is -0.119. The highest BCUT2D eigenvalue weighted by molar-refractivity contribution is 5.82. The van der Waals surface area contributed by atoms with E-state index in [1.165, 1.54) is 12.0 Å². The highest BCUT2D eigenvalue weighted by atomic mass is 16.3. The molecule has 124 valence electrons. The maximum absolute atomic E-state index is 11.8. The zero-order chi connectivity index (χ0) is 16.2. The molecule has 5 atom stereocenters. The monoisotopic (exact) mass is 312 g/mol. The lowest BCUT2D eigenvalue weighted by atomic mass is 9.51. The SMILES string of the molecule is C#CC1(O)CCC2C3CCC4=C(CCC(=O)C4)C3CCC21CC. The Balaban J connectivity index is 1.69. The van der Waals surface area contributed by atoms with Gasteiger partial charge in [-0.15, -0.1) is 6.42 Å². The summed E-state index contributed by atoms with van der Waals surface area (Å²) in [7, 11) is 0. The van der Waals surface area contributed by atoms with E-state index in [2.05, 4.69) is 12.8 Å². The van der Waals surface area contributed by atoms with Crippen molar-refractivity contribution >= 4 is 5.78 Å². The van der Waals surface area contributed by atoms with Gasteiger partial charge in [0.05, 0.1) is 0 Å². The molecule has 2 heteroatoms. The standard InChI is InChI=1S/C21H28O2/c1-3-20-11-9-17-16-8-6-15(22)13-14(16)5-7-18(17)19(20)10-12-21(20,23)4-2/h2,17-19,23H,3,5-13H2,1H3. The summed E-state index contributed by atoms with van der Waals surface area (Å²) < 4.78 is 0. The van der Waals surface area contributed by atoms with Gasteiger partial charge in [-0.3, -0.25) is 4.79 Å². The summed E-state index contributed by atoms with van der Waals surface area (Å²) in [6, 6.07) is 0. The third-order valence-electron chi connectivity index (χ3n) is 7.92. The Kier molecular flexibility index (Phi) is 3.50. The maximum atomic E-state index is 11.8. The van der Waals surface area contributed by atoms with E-state index in [0.717, 1.165) is 57.8 Å². The summed E-state index contributed by atoms with van der Waals surface area (Å²) in [6.45, 7) is 2.22. The first-order valence-corrected chi connectivity index (χ1v) is 9.47. The fourth-order valence-electron chi connectivity index (χ4n) is 6.83. The summed E-state index contributed by atoms with van der Waals surface area (Å²) in [4.78, 5) is 11.8. The third kappa shape index (κ3) is 1.96. The van der Waals surface area contributed by atoms with Crippen molar-refractivity contribution < 1.29 is 9.90 Å². The second kappa shape index (κ2) is 5.21. The second-order valence-electron chi connectivity index (χ2n) is 8.35. The molecule has 1 N–H and O–H groups in total. The van der Waals surface area contributed by atoms with Crippen molar-refractivity contribution in [2.75, 3.05) is 0 Å². The number of hydrogen-bond acceptors (Lipinski definition) is 2. The van der Waals surface area contributed by atoms with Crippen molar-refractivity contribution in [2.24, 2.45) is 23.2 Å². The van der Waals surface area contributed by atoms with Gasteiger partial charge in [-0.2, -0.15) is 0 Å². The number of ketones is 1. The van der Waals surface area contributed by atoms with E-state index in [9.17, 15) is 9.90 Å². The van der Waals surface area contributed by atoms with Crippen LogP contribution in [0, 0.1) is 35.5 Å². The van der Waals surface area contributed by atoms with Crippen molar-refractivity contribution in [1.29, 1.82) is 0 Å². The van der Waals surface area contributed by atoms with Gasteiger partial charge in [0.2, 0.25) is 0 Å². The molecule has 0 aromatic heterocycles. The molecule has 0 amide bonds. The summed E-state index contributed by atoms with van der Waals surface area (Å²) in [5, 5.41) is 11.1. The van der Waals surface area contributed by atoms with E-state index in [1.54, 1.807) is 5.57 Å². The Morgan fingerprint density at radius 3 is 2.78 bits per heavy atom. The topological polar surface area (TPSA) is 37.3 Å². The molecular weight excluding hydrogens is 284 g/mol. The van der Waals surface area contributed by atoms with E-state index in [-0.39, 0.29) is 5.41 Å². The van der Waals surface area contributed by atoms with E-state index < -0.39 is 5.60 Å². The fourth-order valence-corrected chi connectivity index (χ4v) is 6.83. The van der Waals surface area contributed by atoms with Crippen LogP contribution in [0.1, 0.15) is 71.1 Å². The molecular formula is C21H28O2. The largest absolute Gasteiger partial charge is 0.377 e. The Labute approximate surface area is 139 Å². The first-order chi connectivity index (χ1) is 11.0. The van der Waals surface area contributed by atoms with Gasteiger partial charge in [-0.1, -0.05) is 24.0 Å². The van der Waals surface area contributed by atoms with Crippen molar-refractivity contribution in [3.05, 3.63) is 11.1 Å². The number of carbonyl (C=O) groups excluding carboxylic acids is 1. The van der Waals surface area contributed by atoms with Crippen LogP contribution in [-0.4, -0.2) is 16.5 Å². The number of allylic oxidation sites excluding steroid dienone is 2. The Bertz CT molecular complexity index is 610. The molecule has 0 bridgehead atoms. The molecule has 0 aromatic carbocycles. The smallest absolute Gasteiger partial charge is 0.137 e. The van der Waals surface area contributed by atoms with Crippen LogP contribution in [0.25, 0.3) is 0 Å². The third-order valence-corrected chi connectivity index (χ3v) is 7.92. The van der Waals surface area contributed by atoms with Crippen molar-refractivity contribution in [2.45, 2.75) is 76.7 Å². The summed E-state index contributed by atoms with van der Waals surface area (Å²) in [5.41, 5.74) is 2.14. The normalized spacial score (nSPS) is 46.0. The molecule has 2 nitrogen and oxygen atoms in total. The van der Waals surface area contributed by atoms with E-state index in [1.807, 2.05) is 0 Å². The Morgan fingerprint density at radius 2 is 2.04 bits per heavy atom. The molecule has 2 fully saturated rings. The number of hydrogen-bond donors (Lipinski definition) is 1. The van der Waals surface area contributed by atoms with Crippen LogP contribution in [0.3, 0.4) is 0 Å². The molecule has 0 radical (unpaired) electrons. The molecule has 4 aliphatic rings. The summed E-state index contributed by atoms with van der Waals surface area (Å²) in [6.07, 6.45) is 15.6. The maximum Gasteiger partial charge on any atom is 0.137 e. The van der Waals surface area contributed by atoms with Crippen LogP contribution in [0.15, 0.2) is 11.1 Å². The average molecular weight is 312 g/mol. The minimum atomic E-state index is -0.894. The quantitative estimate of drug-likeness (QED) is 0.586. The number of rotatable bonds is 1. The lowest BCUT2D eigenvalue weighted by Crippen LogP contribution is -2.52. The minimum absolute atomic E-state index is 0.0640. The van der Waals surface area contributed by atoms with Crippen molar-refractivity contribution in [3.8, 4) is 12.3 Å². The van der Waals surface area contributed by atoms with Gasteiger partial charge < -0.3 is 5.11 Å². The van der Waals surface area contributed by atoms with E-state index >= 15 is 0 Å². The second-order valence-corrected chi connectivity index (χ2v) is 8.35. The van der Waals surface area contributed by atoms with Crippen LogP contribution in [0.4, 0.5) is 0 Å². The summed E-state index contributed by atoms with van der Waals surface area (Å²) >= 11 is 0. The van der Waals surface area contributed by atoms with Crippen LogP contribution < -0.4 is 0 Å². The van der Waals surface area contributed by atoms with Crippen LogP contribution in [0.2, 0.25) is 0 Å². The number of carbonyl (C=O) groups is 1. The van der Waals surface area contributed by atoms with E-state index in [0.29, 0.717) is 23.5 Å². The lowest BCUT2D eigenvalue weighted by Gasteiger charge is -2.54. The molecule has 2 saturated carbocycles. The summed E-state index contributed by atoms with van der Waals surface area (Å²) in [5.74, 6) is 5.13.